The lowest BCUT2D eigenvalue weighted by Crippen LogP contribution is -2.30. The number of thiophene rings is 1. The van der Waals surface area contributed by atoms with E-state index in [0.717, 1.165) is 6.54 Å². The summed E-state index contributed by atoms with van der Waals surface area (Å²) in [6, 6.07) is 2.28. The molecule has 13 heavy (non-hydrogen) atoms. The highest BCUT2D eigenvalue weighted by Crippen LogP contribution is 2.31. The molecule has 0 saturated carbocycles. The van der Waals surface area contributed by atoms with Crippen LogP contribution in [0.2, 0.25) is 0 Å². The molecule has 2 rings (SSSR count). The van der Waals surface area contributed by atoms with Crippen molar-refractivity contribution in [2.75, 3.05) is 17.5 Å². The number of hydrogen-bond donors (Lipinski definition) is 0. The SMILES string of the molecule is Brc1cc2c(s1)CN(CCI)CC2. The second-order valence-corrected chi connectivity index (χ2v) is 6.81. The molecule has 4 heteroatoms. The fourth-order valence-corrected chi connectivity index (χ4v) is 4.17. The summed E-state index contributed by atoms with van der Waals surface area (Å²) in [7, 11) is 0. The molecule has 0 radical (unpaired) electrons. The molecule has 0 amide bonds. The van der Waals surface area contributed by atoms with Crippen LogP contribution >= 0.6 is 49.9 Å². The molecular formula is C9H11BrINS. The number of rotatable bonds is 2. The van der Waals surface area contributed by atoms with Crippen LogP contribution in [0.5, 0.6) is 0 Å². The lowest BCUT2D eigenvalue weighted by Gasteiger charge is -2.25. The number of fused-ring (bicyclic) bond motifs is 1. The van der Waals surface area contributed by atoms with E-state index >= 15 is 0 Å². The van der Waals surface area contributed by atoms with Crippen LogP contribution in [0.4, 0.5) is 0 Å². The minimum Gasteiger partial charge on any atom is -0.297 e. The monoisotopic (exact) mass is 371 g/mol. The van der Waals surface area contributed by atoms with Crippen molar-refractivity contribution in [3.05, 3.63) is 20.3 Å². The number of halogens is 2. The van der Waals surface area contributed by atoms with Gasteiger partial charge in [-0.15, -0.1) is 11.3 Å². The van der Waals surface area contributed by atoms with Gasteiger partial charge in [-0.05, 0) is 34.0 Å². The van der Waals surface area contributed by atoms with Gasteiger partial charge in [-0.25, -0.2) is 0 Å². The van der Waals surface area contributed by atoms with E-state index in [4.69, 9.17) is 0 Å². The van der Waals surface area contributed by atoms with Crippen LogP contribution in [0.1, 0.15) is 10.4 Å². The average Bonchev–Trinajstić information content (AvgIpc) is 2.44. The summed E-state index contributed by atoms with van der Waals surface area (Å²) < 4.78 is 2.52. The van der Waals surface area contributed by atoms with Crippen LogP contribution in [-0.4, -0.2) is 22.4 Å². The largest absolute Gasteiger partial charge is 0.297 e. The van der Waals surface area contributed by atoms with E-state index in [2.05, 4.69) is 49.5 Å². The van der Waals surface area contributed by atoms with E-state index in [0.29, 0.717) is 0 Å². The molecule has 0 bridgehead atoms. The maximum atomic E-state index is 3.55. The van der Waals surface area contributed by atoms with Crippen molar-refractivity contribution in [2.45, 2.75) is 13.0 Å². The molecule has 0 N–H and O–H groups in total. The van der Waals surface area contributed by atoms with Crippen LogP contribution in [0.15, 0.2) is 9.85 Å². The summed E-state index contributed by atoms with van der Waals surface area (Å²) in [5.41, 5.74) is 1.56. The molecule has 1 nitrogen and oxygen atoms in total. The molecule has 0 aromatic carbocycles. The van der Waals surface area contributed by atoms with Crippen molar-refractivity contribution in [1.29, 1.82) is 0 Å². The maximum Gasteiger partial charge on any atom is 0.0704 e. The van der Waals surface area contributed by atoms with Crippen molar-refractivity contribution in [3.63, 3.8) is 0 Å². The van der Waals surface area contributed by atoms with Gasteiger partial charge in [-0.1, -0.05) is 22.6 Å². The Kier molecular flexibility index (Phi) is 3.67. The molecular weight excluding hydrogens is 361 g/mol. The van der Waals surface area contributed by atoms with Gasteiger partial charge in [0.1, 0.15) is 0 Å². The number of nitrogens with zero attached hydrogens (tertiary/aromatic N) is 1. The summed E-state index contributed by atoms with van der Waals surface area (Å²) in [6.07, 6.45) is 1.23. The summed E-state index contributed by atoms with van der Waals surface area (Å²) in [5, 5.41) is 0. The van der Waals surface area contributed by atoms with E-state index in [-0.39, 0.29) is 0 Å². The van der Waals surface area contributed by atoms with Crippen molar-refractivity contribution in [3.8, 4) is 0 Å². The maximum absolute atomic E-state index is 3.55. The second kappa shape index (κ2) is 4.59. The summed E-state index contributed by atoms with van der Waals surface area (Å²) in [5.74, 6) is 0. The molecule has 1 aromatic heterocycles. The minimum atomic E-state index is 1.16. The molecule has 0 saturated heterocycles. The Morgan fingerprint density at radius 1 is 1.62 bits per heavy atom. The molecule has 1 aliphatic rings. The molecule has 1 aromatic rings. The third kappa shape index (κ3) is 2.46. The first-order valence-corrected chi connectivity index (χ1v) is 7.48. The predicted molar refractivity (Wildman–Crippen MR) is 69.9 cm³/mol. The predicted octanol–water partition coefficient (Wildman–Crippen LogP) is 3.30. The van der Waals surface area contributed by atoms with Gasteiger partial charge in [0.15, 0.2) is 0 Å². The standard InChI is InChI=1S/C9H11BrINS/c10-9-5-7-1-3-12(4-2-11)6-8(7)13-9/h5H,1-4,6H2. The van der Waals surface area contributed by atoms with Crippen LogP contribution in [-0.2, 0) is 13.0 Å². The molecule has 0 unspecified atom stereocenters. The third-order valence-corrected chi connectivity index (χ3v) is 4.48. The van der Waals surface area contributed by atoms with Crippen LogP contribution in [0.25, 0.3) is 0 Å². The van der Waals surface area contributed by atoms with Crippen LogP contribution in [0, 0.1) is 0 Å². The smallest absolute Gasteiger partial charge is 0.0704 e. The number of hydrogen-bond acceptors (Lipinski definition) is 2. The first kappa shape index (κ1) is 10.4. The highest BCUT2D eigenvalue weighted by atomic mass is 127. The molecule has 0 aliphatic carbocycles. The third-order valence-electron chi connectivity index (χ3n) is 2.33. The van der Waals surface area contributed by atoms with Gasteiger partial charge in [0.25, 0.3) is 0 Å². The zero-order valence-corrected chi connectivity index (χ0v) is 11.8. The fraction of sp³-hybridized carbons (Fsp3) is 0.556. The van der Waals surface area contributed by atoms with E-state index in [1.54, 1.807) is 10.4 Å². The van der Waals surface area contributed by atoms with Crippen molar-refractivity contribution in [1.82, 2.24) is 4.90 Å². The Balaban J connectivity index is 2.10. The first-order chi connectivity index (χ1) is 6.29. The van der Waals surface area contributed by atoms with E-state index in [9.17, 15) is 0 Å². The highest BCUT2D eigenvalue weighted by Gasteiger charge is 2.17. The Morgan fingerprint density at radius 3 is 3.23 bits per heavy atom. The van der Waals surface area contributed by atoms with E-state index in [1.807, 2.05) is 11.3 Å². The molecule has 2 heterocycles. The van der Waals surface area contributed by atoms with Crippen molar-refractivity contribution < 1.29 is 0 Å². The Hall–Kier alpha value is 0.870. The first-order valence-electron chi connectivity index (χ1n) is 4.35. The topological polar surface area (TPSA) is 3.24 Å². The van der Waals surface area contributed by atoms with Gasteiger partial charge >= 0.3 is 0 Å². The lowest BCUT2D eigenvalue weighted by atomic mass is 10.1. The molecule has 0 spiro atoms. The van der Waals surface area contributed by atoms with Crippen LogP contribution in [0.3, 0.4) is 0 Å². The summed E-state index contributed by atoms with van der Waals surface area (Å²) in [4.78, 5) is 4.10. The van der Waals surface area contributed by atoms with Gasteiger partial charge in [-0.2, -0.15) is 0 Å². The zero-order valence-electron chi connectivity index (χ0n) is 7.22. The zero-order chi connectivity index (χ0) is 9.26. The quantitative estimate of drug-likeness (QED) is 0.569. The Morgan fingerprint density at radius 2 is 2.46 bits per heavy atom. The highest BCUT2D eigenvalue weighted by molar-refractivity contribution is 14.1. The van der Waals surface area contributed by atoms with E-state index in [1.165, 1.54) is 27.7 Å². The van der Waals surface area contributed by atoms with E-state index < -0.39 is 0 Å². The van der Waals surface area contributed by atoms with Gasteiger partial charge in [0.05, 0.1) is 3.79 Å². The van der Waals surface area contributed by atoms with Crippen LogP contribution < -0.4 is 0 Å². The summed E-state index contributed by atoms with van der Waals surface area (Å²) >= 11 is 7.89. The normalized spacial score (nSPS) is 17.4. The summed E-state index contributed by atoms with van der Waals surface area (Å²) in [6.45, 7) is 3.63. The second-order valence-electron chi connectivity index (χ2n) is 3.21. The van der Waals surface area contributed by atoms with Gasteiger partial charge in [0, 0.05) is 28.9 Å². The average molecular weight is 372 g/mol. The number of alkyl halides is 1. The van der Waals surface area contributed by atoms with Gasteiger partial charge in [0.2, 0.25) is 0 Å². The molecule has 0 fully saturated rings. The molecule has 72 valence electrons. The molecule has 0 atom stereocenters. The Labute approximate surface area is 105 Å². The Bertz CT molecular complexity index is 300. The van der Waals surface area contributed by atoms with Gasteiger partial charge in [-0.3, -0.25) is 4.90 Å². The minimum absolute atomic E-state index is 1.16. The lowest BCUT2D eigenvalue weighted by molar-refractivity contribution is 0.275. The fourth-order valence-electron chi connectivity index (χ4n) is 1.65. The van der Waals surface area contributed by atoms with Crippen molar-refractivity contribution >= 4 is 49.9 Å². The molecule has 1 aliphatic heterocycles. The van der Waals surface area contributed by atoms with Gasteiger partial charge < -0.3 is 0 Å². The van der Waals surface area contributed by atoms with Crippen molar-refractivity contribution in [2.24, 2.45) is 0 Å².